The number of amides is 2. The summed E-state index contributed by atoms with van der Waals surface area (Å²) in [5, 5.41) is 1.04. The summed E-state index contributed by atoms with van der Waals surface area (Å²) in [4.78, 5) is 40.8. The lowest BCUT2D eigenvalue weighted by molar-refractivity contribution is -0.131. The number of likely N-dealkylation sites (tertiary alicyclic amines) is 1. The van der Waals surface area contributed by atoms with Crippen molar-refractivity contribution in [1.82, 2.24) is 28.9 Å². The first-order chi connectivity index (χ1) is 22.2. The number of methoxy groups -OCH3 is 1. The Bertz CT molecular complexity index is 1790. The maximum absolute atomic E-state index is 13.9. The van der Waals surface area contributed by atoms with Crippen LogP contribution >= 0.6 is 0 Å². The molecule has 2 aliphatic heterocycles. The molecule has 0 unspecified atom stereocenters. The van der Waals surface area contributed by atoms with E-state index in [2.05, 4.69) is 34.3 Å². The molecule has 2 amide bonds. The average molecular weight is 626 g/mol. The van der Waals surface area contributed by atoms with Crippen molar-refractivity contribution in [2.75, 3.05) is 20.2 Å². The number of ether oxygens (including phenoxy) is 1. The molecule has 10 heteroatoms. The Morgan fingerprint density at radius 2 is 1.72 bits per heavy atom. The van der Waals surface area contributed by atoms with E-state index in [1.54, 1.807) is 14.0 Å². The van der Waals surface area contributed by atoms with Crippen LogP contribution in [0.5, 0.6) is 5.75 Å². The number of aryl methyl sites for hydroxylation is 2. The zero-order valence-electron chi connectivity index (χ0n) is 27.7. The smallest absolute Gasteiger partial charge is 0.254 e. The first-order valence-corrected chi connectivity index (χ1v) is 17.1. The van der Waals surface area contributed by atoms with Crippen molar-refractivity contribution in [1.29, 1.82) is 0 Å². The van der Waals surface area contributed by atoms with Gasteiger partial charge in [0, 0.05) is 56.6 Å². The van der Waals surface area contributed by atoms with Gasteiger partial charge >= 0.3 is 0 Å². The Labute approximate surface area is 270 Å². The number of piperidine rings is 1. The van der Waals surface area contributed by atoms with Crippen LogP contribution < -0.4 is 10.5 Å². The Morgan fingerprint density at radius 3 is 2.48 bits per heavy atom. The number of imidazole rings is 1. The standard InChI is InChI=1S/C36H47N7O3/c1-22-29-14-12-25-19-31(42(34(25)38-29)16-10-8-6-5-7-9-15-41(22)23(2)44)35-39-30-18-26(20-32(46-4)33(30)40(35)3)36(45)43-21-28(37)24-11-13-27(43)17-24/h12,14,18-20,22,24,27-28H,5-11,13,15-17,21,37H2,1-4H3/t22-,24-,27+,28+/m1/s1. The highest BCUT2D eigenvalue weighted by molar-refractivity contribution is 6.00. The summed E-state index contributed by atoms with van der Waals surface area (Å²) >= 11 is 0. The molecular formula is C36H47N7O3. The lowest BCUT2D eigenvalue weighted by Gasteiger charge is -2.37. The van der Waals surface area contributed by atoms with Crippen LogP contribution in [0.4, 0.5) is 0 Å². The summed E-state index contributed by atoms with van der Waals surface area (Å²) in [6.07, 6.45) is 9.78. The van der Waals surface area contributed by atoms with Gasteiger partial charge in [-0.1, -0.05) is 25.7 Å². The fraction of sp³-hybridized carbons (Fsp3) is 0.556. The second-order valence-electron chi connectivity index (χ2n) is 13.7. The topological polar surface area (TPSA) is 112 Å². The van der Waals surface area contributed by atoms with Gasteiger partial charge in [0.1, 0.15) is 16.9 Å². The van der Waals surface area contributed by atoms with E-state index < -0.39 is 0 Å². The van der Waals surface area contributed by atoms with Gasteiger partial charge in [-0.2, -0.15) is 0 Å². The summed E-state index contributed by atoms with van der Waals surface area (Å²) < 4.78 is 10.3. The number of carbonyl (C=O) groups is 2. The lowest BCUT2D eigenvalue weighted by Crippen LogP contribution is -2.51. The van der Waals surface area contributed by atoms with Crippen molar-refractivity contribution in [3.63, 3.8) is 0 Å². The summed E-state index contributed by atoms with van der Waals surface area (Å²) in [5.41, 5.74) is 11.4. The normalized spacial score (nSPS) is 24.1. The number of carbonyl (C=O) groups excluding carboxylic acids is 2. The predicted octanol–water partition coefficient (Wildman–Crippen LogP) is 5.81. The Balaban J connectivity index is 1.31. The van der Waals surface area contributed by atoms with E-state index in [4.69, 9.17) is 20.4 Å². The van der Waals surface area contributed by atoms with Gasteiger partial charge in [0.2, 0.25) is 5.91 Å². The van der Waals surface area contributed by atoms with Crippen LogP contribution in [0.25, 0.3) is 33.6 Å². The first kappa shape index (κ1) is 30.7. The van der Waals surface area contributed by atoms with Crippen LogP contribution in [0.2, 0.25) is 0 Å². The second-order valence-corrected chi connectivity index (χ2v) is 13.7. The summed E-state index contributed by atoms with van der Waals surface area (Å²) in [5.74, 6) is 2.04. The van der Waals surface area contributed by atoms with Crippen LogP contribution in [0.15, 0.2) is 30.3 Å². The Kier molecular flexibility index (Phi) is 8.25. The van der Waals surface area contributed by atoms with Gasteiger partial charge in [0.25, 0.3) is 5.91 Å². The largest absolute Gasteiger partial charge is 0.494 e. The van der Waals surface area contributed by atoms with Gasteiger partial charge < -0.3 is 29.4 Å². The molecule has 2 N–H and O–H groups in total. The fourth-order valence-electron chi connectivity index (χ4n) is 8.25. The third-order valence-electron chi connectivity index (χ3n) is 10.9. The summed E-state index contributed by atoms with van der Waals surface area (Å²) in [7, 11) is 3.66. The van der Waals surface area contributed by atoms with Gasteiger partial charge in [-0.25, -0.2) is 9.97 Å². The van der Waals surface area contributed by atoms with Crippen molar-refractivity contribution < 1.29 is 14.3 Å². The number of nitrogens with zero attached hydrogens (tertiary/aromatic N) is 6. The number of benzene rings is 1. The number of aromatic nitrogens is 4. The molecule has 1 saturated heterocycles. The van der Waals surface area contributed by atoms with E-state index in [0.29, 0.717) is 23.8 Å². The summed E-state index contributed by atoms with van der Waals surface area (Å²) in [6, 6.07) is 10.3. The molecule has 244 valence electrons. The molecule has 1 saturated carbocycles. The van der Waals surface area contributed by atoms with Crippen LogP contribution in [-0.2, 0) is 18.4 Å². The van der Waals surface area contributed by atoms with Crippen LogP contribution in [0, 0.1) is 5.92 Å². The van der Waals surface area contributed by atoms with E-state index in [-0.39, 0.29) is 29.9 Å². The third-order valence-corrected chi connectivity index (χ3v) is 10.9. The molecule has 46 heavy (non-hydrogen) atoms. The number of nitrogens with two attached hydrogens (primary N) is 1. The van der Waals surface area contributed by atoms with Gasteiger partial charge in [0.15, 0.2) is 5.82 Å². The minimum Gasteiger partial charge on any atom is -0.494 e. The molecule has 4 atom stereocenters. The quantitative estimate of drug-likeness (QED) is 0.308. The SMILES string of the molecule is COc1cc(C(=O)N2C[C@H](N)[C@@H]3CC[C@H]2C3)cc2nc(-c3cc4ccc5nc4n3CCCCCCCCN(C(C)=O)[C@@H]5C)n(C)c12. The highest BCUT2D eigenvalue weighted by Crippen LogP contribution is 2.39. The zero-order valence-corrected chi connectivity index (χ0v) is 27.7. The van der Waals surface area contributed by atoms with Crippen molar-refractivity contribution in [3.8, 4) is 17.3 Å². The second kappa shape index (κ2) is 12.4. The number of pyridine rings is 1. The maximum atomic E-state index is 13.9. The van der Waals surface area contributed by atoms with Crippen molar-refractivity contribution in [2.24, 2.45) is 18.7 Å². The first-order valence-electron chi connectivity index (χ1n) is 17.1. The molecule has 3 aliphatic rings. The van der Waals surface area contributed by atoms with Crippen LogP contribution in [0.3, 0.4) is 0 Å². The number of hydrogen-bond donors (Lipinski definition) is 1. The van der Waals surface area contributed by atoms with E-state index in [1.807, 2.05) is 29.0 Å². The molecule has 1 aromatic carbocycles. The Morgan fingerprint density at radius 1 is 0.957 bits per heavy atom. The van der Waals surface area contributed by atoms with E-state index >= 15 is 0 Å². The van der Waals surface area contributed by atoms with Gasteiger partial charge in [0.05, 0.1) is 30.1 Å². The van der Waals surface area contributed by atoms with Crippen molar-refractivity contribution >= 4 is 33.9 Å². The maximum Gasteiger partial charge on any atom is 0.254 e. The van der Waals surface area contributed by atoms with Gasteiger partial charge in [-0.15, -0.1) is 0 Å². The van der Waals surface area contributed by atoms with Crippen molar-refractivity contribution in [3.05, 3.63) is 41.6 Å². The monoisotopic (exact) mass is 625 g/mol. The predicted molar refractivity (Wildman–Crippen MR) is 180 cm³/mol. The molecule has 0 spiro atoms. The molecule has 0 radical (unpaired) electrons. The fourth-order valence-corrected chi connectivity index (χ4v) is 8.25. The lowest BCUT2D eigenvalue weighted by atomic mass is 9.94. The molecule has 10 nitrogen and oxygen atoms in total. The third kappa shape index (κ3) is 5.34. The van der Waals surface area contributed by atoms with E-state index in [9.17, 15) is 9.59 Å². The number of rotatable bonds is 3. The molecule has 3 aromatic heterocycles. The molecule has 7 rings (SSSR count). The minimum atomic E-state index is -0.114. The molecular weight excluding hydrogens is 578 g/mol. The molecule has 5 heterocycles. The van der Waals surface area contributed by atoms with Crippen LogP contribution in [-0.4, -0.2) is 73.0 Å². The Hall–Kier alpha value is -3.92. The van der Waals surface area contributed by atoms with E-state index in [0.717, 1.165) is 97.3 Å². The molecule has 4 aromatic rings. The molecule has 4 bridgehead atoms. The summed E-state index contributed by atoms with van der Waals surface area (Å²) in [6.45, 7) is 5.90. The van der Waals surface area contributed by atoms with Crippen molar-refractivity contribution in [2.45, 2.75) is 96.3 Å². The average Bonchev–Trinajstić information content (AvgIpc) is 3.74. The van der Waals surface area contributed by atoms with E-state index in [1.165, 1.54) is 12.8 Å². The minimum absolute atomic E-state index is 0.000860. The highest BCUT2D eigenvalue weighted by atomic mass is 16.5. The number of fused-ring (bicyclic) bond motifs is 4. The highest BCUT2D eigenvalue weighted by Gasteiger charge is 2.41. The van der Waals surface area contributed by atoms with Crippen LogP contribution in [0.1, 0.15) is 93.7 Å². The number of hydrogen-bond acceptors (Lipinski definition) is 6. The molecule has 2 fully saturated rings. The zero-order chi connectivity index (χ0) is 32.1. The molecule has 1 aliphatic carbocycles. The van der Waals surface area contributed by atoms with Gasteiger partial charge in [-0.3, -0.25) is 9.59 Å². The van der Waals surface area contributed by atoms with Gasteiger partial charge in [-0.05, 0) is 75.3 Å².